The lowest BCUT2D eigenvalue weighted by Crippen LogP contribution is -1.90. The van der Waals surface area contributed by atoms with E-state index in [2.05, 4.69) is 17.4 Å². The van der Waals surface area contributed by atoms with E-state index in [0.29, 0.717) is 0 Å². The average molecular weight is 182 g/mol. The van der Waals surface area contributed by atoms with Gasteiger partial charge in [-0.1, -0.05) is 17.7 Å². The molecule has 1 aromatic carbocycles. The van der Waals surface area contributed by atoms with Crippen LogP contribution in [-0.4, -0.2) is 7.05 Å². The highest BCUT2D eigenvalue weighted by atomic mass is 35.5. The number of hydrogen-bond donors (Lipinski definition) is 1. The Hall–Kier alpha value is -0.690. The van der Waals surface area contributed by atoms with Crippen molar-refractivity contribution in [2.24, 2.45) is 0 Å². The summed E-state index contributed by atoms with van der Waals surface area (Å²) in [4.78, 5) is 0. The quantitative estimate of drug-likeness (QED) is 0.739. The standard InChI is InChI=1S/C10H12ClN/c1-12-10-6-8(7-2-3-7)4-5-9(10)11/h4-7,12H,2-3H2,1H3. The van der Waals surface area contributed by atoms with Gasteiger partial charge in [-0.3, -0.25) is 0 Å². The van der Waals surface area contributed by atoms with Crippen LogP contribution in [-0.2, 0) is 0 Å². The second kappa shape index (κ2) is 2.98. The first-order chi connectivity index (χ1) is 5.81. The summed E-state index contributed by atoms with van der Waals surface area (Å²) in [5, 5.41) is 3.89. The Morgan fingerprint density at radius 3 is 2.75 bits per heavy atom. The molecule has 2 heteroatoms. The van der Waals surface area contributed by atoms with Crippen LogP contribution in [0, 0.1) is 0 Å². The van der Waals surface area contributed by atoms with Gasteiger partial charge in [-0.15, -0.1) is 0 Å². The summed E-state index contributed by atoms with van der Waals surface area (Å²) in [6.07, 6.45) is 2.68. The lowest BCUT2D eigenvalue weighted by molar-refractivity contribution is 1.13. The van der Waals surface area contributed by atoms with Gasteiger partial charge in [-0.05, 0) is 36.5 Å². The fraction of sp³-hybridized carbons (Fsp3) is 0.400. The predicted octanol–water partition coefficient (Wildman–Crippen LogP) is 3.26. The summed E-state index contributed by atoms with van der Waals surface area (Å²) in [6, 6.07) is 6.25. The van der Waals surface area contributed by atoms with E-state index in [1.807, 2.05) is 13.1 Å². The molecule has 1 nitrogen and oxygen atoms in total. The van der Waals surface area contributed by atoms with Gasteiger partial charge in [0.1, 0.15) is 0 Å². The van der Waals surface area contributed by atoms with Gasteiger partial charge >= 0.3 is 0 Å². The molecule has 0 unspecified atom stereocenters. The van der Waals surface area contributed by atoms with Crippen molar-refractivity contribution in [3.05, 3.63) is 28.8 Å². The molecule has 0 amide bonds. The van der Waals surface area contributed by atoms with Crippen LogP contribution in [0.4, 0.5) is 5.69 Å². The molecule has 0 aliphatic heterocycles. The van der Waals surface area contributed by atoms with Gasteiger partial charge in [0.05, 0.1) is 10.7 Å². The summed E-state index contributed by atoms with van der Waals surface area (Å²) in [6.45, 7) is 0. The third-order valence-corrected chi connectivity index (χ3v) is 2.64. The van der Waals surface area contributed by atoms with Crippen molar-refractivity contribution in [3.63, 3.8) is 0 Å². The maximum atomic E-state index is 5.96. The van der Waals surface area contributed by atoms with E-state index in [1.54, 1.807) is 0 Å². The normalized spacial score (nSPS) is 16.2. The first kappa shape index (κ1) is 7.93. The molecule has 0 aromatic heterocycles. The minimum atomic E-state index is 0.800. The van der Waals surface area contributed by atoms with Crippen LogP contribution in [0.3, 0.4) is 0 Å². The smallest absolute Gasteiger partial charge is 0.0637 e. The Kier molecular flexibility index (Phi) is 1.97. The first-order valence-electron chi connectivity index (χ1n) is 4.28. The molecule has 2 rings (SSSR count). The second-order valence-corrected chi connectivity index (χ2v) is 3.67. The van der Waals surface area contributed by atoms with Gasteiger partial charge in [0.25, 0.3) is 0 Å². The van der Waals surface area contributed by atoms with Crippen LogP contribution in [0.2, 0.25) is 5.02 Å². The Labute approximate surface area is 77.7 Å². The summed E-state index contributed by atoms with van der Waals surface area (Å²) in [5.41, 5.74) is 2.46. The Morgan fingerprint density at radius 1 is 1.42 bits per heavy atom. The Bertz CT molecular complexity index is 292. The van der Waals surface area contributed by atoms with Crippen LogP contribution in [0.15, 0.2) is 18.2 Å². The van der Waals surface area contributed by atoms with E-state index >= 15 is 0 Å². The monoisotopic (exact) mass is 181 g/mol. The fourth-order valence-electron chi connectivity index (χ4n) is 1.41. The number of nitrogens with one attached hydrogen (secondary N) is 1. The van der Waals surface area contributed by atoms with Crippen LogP contribution >= 0.6 is 11.6 Å². The molecule has 1 saturated carbocycles. The lowest BCUT2D eigenvalue weighted by Gasteiger charge is -2.05. The van der Waals surface area contributed by atoms with Crippen molar-refractivity contribution in [1.29, 1.82) is 0 Å². The van der Waals surface area contributed by atoms with Crippen molar-refractivity contribution in [3.8, 4) is 0 Å². The third-order valence-electron chi connectivity index (χ3n) is 2.31. The second-order valence-electron chi connectivity index (χ2n) is 3.26. The first-order valence-corrected chi connectivity index (χ1v) is 4.66. The molecule has 0 bridgehead atoms. The number of anilines is 1. The van der Waals surface area contributed by atoms with Gasteiger partial charge in [0.15, 0.2) is 0 Å². The molecule has 64 valence electrons. The molecule has 1 aliphatic carbocycles. The minimum Gasteiger partial charge on any atom is -0.387 e. The zero-order chi connectivity index (χ0) is 8.55. The predicted molar refractivity (Wildman–Crippen MR) is 53.0 cm³/mol. The van der Waals surface area contributed by atoms with Crippen LogP contribution in [0.1, 0.15) is 24.3 Å². The molecular formula is C10H12ClN. The molecule has 1 aromatic rings. The van der Waals surface area contributed by atoms with Gasteiger partial charge in [0, 0.05) is 7.05 Å². The van der Waals surface area contributed by atoms with E-state index in [4.69, 9.17) is 11.6 Å². The molecule has 0 spiro atoms. The van der Waals surface area contributed by atoms with Crippen molar-refractivity contribution in [1.82, 2.24) is 0 Å². The average Bonchev–Trinajstić information content (AvgIpc) is 2.88. The summed E-state index contributed by atoms with van der Waals surface area (Å²) in [7, 11) is 1.90. The molecule has 0 saturated heterocycles. The number of halogens is 1. The molecule has 1 aliphatic rings. The molecule has 1 fully saturated rings. The maximum absolute atomic E-state index is 5.96. The van der Waals surface area contributed by atoms with Crippen molar-refractivity contribution < 1.29 is 0 Å². The Morgan fingerprint density at radius 2 is 2.17 bits per heavy atom. The van der Waals surface area contributed by atoms with Crippen molar-refractivity contribution >= 4 is 17.3 Å². The number of benzene rings is 1. The van der Waals surface area contributed by atoms with Crippen LogP contribution < -0.4 is 5.32 Å². The maximum Gasteiger partial charge on any atom is 0.0637 e. The van der Waals surface area contributed by atoms with Gasteiger partial charge in [-0.2, -0.15) is 0 Å². The fourth-order valence-corrected chi connectivity index (χ4v) is 1.62. The van der Waals surface area contributed by atoms with E-state index in [0.717, 1.165) is 16.6 Å². The van der Waals surface area contributed by atoms with E-state index in [-0.39, 0.29) is 0 Å². The molecule has 0 radical (unpaired) electrons. The third kappa shape index (κ3) is 1.42. The van der Waals surface area contributed by atoms with Crippen molar-refractivity contribution in [2.75, 3.05) is 12.4 Å². The molecule has 0 atom stereocenters. The summed E-state index contributed by atoms with van der Waals surface area (Å²) < 4.78 is 0. The van der Waals surface area contributed by atoms with E-state index in [1.165, 1.54) is 18.4 Å². The van der Waals surface area contributed by atoms with E-state index < -0.39 is 0 Å². The van der Waals surface area contributed by atoms with Gasteiger partial charge < -0.3 is 5.32 Å². The molecule has 12 heavy (non-hydrogen) atoms. The molecule has 0 heterocycles. The van der Waals surface area contributed by atoms with Crippen LogP contribution in [0.25, 0.3) is 0 Å². The largest absolute Gasteiger partial charge is 0.387 e. The molecular weight excluding hydrogens is 170 g/mol. The summed E-state index contributed by atoms with van der Waals surface area (Å²) >= 11 is 5.96. The highest BCUT2D eigenvalue weighted by Crippen LogP contribution is 2.41. The van der Waals surface area contributed by atoms with Gasteiger partial charge in [-0.25, -0.2) is 0 Å². The number of hydrogen-bond acceptors (Lipinski definition) is 1. The molecule has 1 N–H and O–H groups in total. The minimum absolute atomic E-state index is 0.800. The summed E-state index contributed by atoms with van der Waals surface area (Å²) in [5.74, 6) is 0.800. The van der Waals surface area contributed by atoms with E-state index in [9.17, 15) is 0 Å². The number of rotatable bonds is 2. The Balaban J connectivity index is 2.33. The van der Waals surface area contributed by atoms with Gasteiger partial charge in [0.2, 0.25) is 0 Å². The zero-order valence-corrected chi connectivity index (χ0v) is 7.86. The topological polar surface area (TPSA) is 12.0 Å². The zero-order valence-electron chi connectivity index (χ0n) is 7.10. The van der Waals surface area contributed by atoms with Crippen LogP contribution in [0.5, 0.6) is 0 Å². The highest BCUT2D eigenvalue weighted by molar-refractivity contribution is 6.33. The lowest BCUT2D eigenvalue weighted by atomic mass is 10.1. The highest BCUT2D eigenvalue weighted by Gasteiger charge is 2.23. The SMILES string of the molecule is CNc1cc(C2CC2)ccc1Cl. The van der Waals surface area contributed by atoms with Crippen molar-refractivity contribution in [2.45, 2.75) is 18.8 Å².